The predicted octanol–water partition coefficient (Wildman–Crippen LogP) is 2.40. The van der Waals surface area contributed by atoms with Crippen molar-refractivity contribution in [3.05, 3.63) is 29.8 Å². The van der Waals surface area contributed by atoms with Crippen LogP contribution in [-0.2, 0) is 0 Å². The second kappa shape index (κ2) is 5.70. The van der Waals surface area contributed by atoms with Gasteiger partial charge in [-0.2, -0.15) is 5.26 Å². The molecule has 2 rings (SSSR count). The van der Waals surface area contributed by atoms with Crippen molar-refractivity contribution < 1.29 is 4.74 Å². The first kappa shape index (κ1) is 11.9. The quantitative estimate of drug-likeness (QED) is 0.797. The normalized spacial score (nSPS) is 17.6. The van der Waals surface area contributed by atoms with E-state index in [9.17, 15) is 5.26 Å². The summed E-state index contributed by atoms with van der Waals surface area (Å²) in [5.74, 6) is 0.811. The van der Waals surface area contributed by atoms with Gasteiger partial charge >= 0.3 is 0 Å². The number of methoxy groups -OCH3 is 1. The van der Waals surface area contributed by atoms with Crippen LogP contribution >= 0.6 is 0 Å². The average molecular weight is 230 g/mol. The summed E-state index contributed by atoms with van der Waals surface area (Å²) in [6.45, 7) is 3.12. The lowest BCUT2D eigenvalue weighted by molar-refractivity contribution is 0.332. The second-order valence-electron chi connectivity index (χ2n) is 4.46. The van der Waals surface area contributed by atoms with Gasteiger partial charge in [-0.1, -0.05) is 12.1 Å². The molecule has 0 saturated carbocycles. The highest BCUT2D eigenvalue weighted by Gasteiger charge is 2.18. The Morgan fingerprint density at radius 1 is 1.29 bits per heavy atom. The molecule has 1 aromatic rings. The average Bonchev–Trinajstić information content (AvgIpc) is 2.89. The Balaban J connectivity index is 2.03. The van der Waals surface area contributed by atoms with Gasteiger partial charge in [0, 0.05) is 6.54 Å². The molecule has 1 saturated heterocycles. The highest BCUT2D eigenvalue weighted by atomic mass is 16.5. The molecular formula is C14H18N2O. The lowest BCUT2D eigenvalue weighted by atomic mass is 10.00. The zero-order chi connectivity index (χ0) is 12.1. The summed E-state index contributed by atoms with van der Waals surface area (Å²) in [4.78, 5) is 2.37. The summed E-state index contributed by atoms with van der Waals surface area (Å²) < 4.78 is 5.12. The van der Waals surface area contributed by atoms with Crippen molar-refractivity contribution in [2.75, 3.05) is 26.7 Å². The number of hydrogen-bond donors (Lipinski definition) is 0. The smallest absolute Gasteiger partial charge is 0.118 e. The predicted molar refractivity (Wildman–Crippen MR) is 67.0 cm³/mol. The molecule has 0 aromatic heterocycles. The molecule has 1 atom stereocenters. The van der Waals surface area contributed by atoms with E-state index in [-0.39, 0.29) is 5.92 Å². The Kier molecular flexibility index (Phi) is 4.00. The third-order valence-corrected chi connectivity index (χ3v) is 3.31. The molecule has 1 unspecified atom stereocenters. The van der Waals surface area contributed by atoms with Gasteiger partial charge in [-0.15, -0.1) is 0 Å². The zero-order valence-electron chi connectivity index (χ0n) is 10.2. The standard InChI is InChI=1S/C14H18N2O/c1-17-14-6-4-12(5-7-14)13(10-15)11-16-8-2-3-9-16/h4-7,13H,2-3,8-9,11H2,1H3. The summed E-state index contributed by atoms with van der Waals surface area (Å²) in [7, 11) is 1.65. The van der Waals surface area contributed by atoms with Crippen molar-refractivity contribution in [3.63, 3.8) is 0 Å². The number of likely N-dealkylation sites (tertiary alicyclic amines) is 1. The number of nitriles is 1. The van der Waals surface area contributed by atoms with Gasteiger partial charge in [0.15, 0.2) is 0 Å². The zero-order valence-corrected chi connectivity index (χ0v) is 10.2. The minimum Gasteiger partial charge on any atom is -0.497 e. The number of rotatable bonds is 4. The summed E-state index contributed by atoms with van der Waals surface area (Å²) >= 11 is 0. The Labute approximate surface area is 103 Å². The van der Waals surface area contributed by atoms with Crippen LogP contribution in [0, 0.1) is 11.3 Å². The van der Waals surface area contributed by atoms with Gasteiger partial charge in [0.05, 0.1) is 19.1 Å². The van der Waals surface area contributed by atoms with Gasteiger partial charge < -0.3 is 9.64 Å². The molecule has 3 nitrogen and oxygen atoms in total. The fraction of sp³-hybridized carbons (Fsp3) is 0.500. The van der Waals surface area contributed by atoms with Gasteiger partial charge in [-0.05, 0) is 43.6 Å². The van der Waals surface area contributed by atoms with Crippen LogP contribution in [0.25, 0.3) is 0 Å². The summed E-state index contributed by atoms with van der Waals surface area (Å²) in [5.41, 5.74) is 1.08. The molecule has 0 amide bonds. The maximum absolute atomic E-state index is 9.26. The summed E-state index contributed by atoms with van der Waals surface area (Å²) in [6, 6.07) is 10.2. The maximum atomic E-state index is 9.26. The molecule has 0 radical (unpaired) electrons. The highest BCUT2D eigenvalue weighted by molar-refractivity contribution is 5.32. The molecule has 90 valence electrons. The molecule has 17 heavy (non-hydrogen) atoms. The number of nitrogens with zero attached hydrogens (tertiary/aromatic N) is 2. The third-order valence-electron chi connectivity index (χ3n) is 3.31. The van der Waals surface area contributed by atoms with Crippen LogP contribution < -0.4 is 4.74 Å². The number of hydrogen-bond acceptors (Lipinski definition) is 3. The lowest BCUT2D eigenvalue weighted by Crippen LogP contribution is -2.24. The maximum Gasteiger partial charge on any atom is 0.118 e. The van der Waals surface area contributed by atoms with E-state index in [1.807, 2.05) is 24.3 Å². The third kappa shape index (κ3) is 2.98. The number of benzene rings is 1. The molecule has 0 bridgehead atoms. The SMILES string of the molecule is COc1ccc(C(C#N)CN2CCCC2)cc1. The Morgan fingerprint density at radius 3 is 2.47 bits per heavy atom. The van der Waals surface area contributed by atoms with E-state index < -0.39 is 0 Å². The molecule has 0 N–H and O–H groups in total. The van der Waals surface area contributed by atoms with Crippen molar-refractivity contribution in [3.8, 4) is 11.8 Å². The van der Waals surface area contributed by atoms with E-state index in [1.54, 1.807) is 7.11 Å². The van der Waals surface area contributed by atoms with E-state index in [2.05, 4.69) is 11.0 Å². The molecular weight excluding hydrogens is 212 g/mol. The molecule has 1 fully saturated rings. The Morgan fingerprint density at radius 2 is 1.94 bits per heavy atom. The Hall–Kier alpha value is -1.53. The van der Waals surface area contributed by atoms with Crippen molar-refractivity contribution in [2.24, 2.45) is 0 Å². The van der Waals surface area contributed by atoms with E-state index in [1.165, 1.54) is 12.8 Å². The first-order chi connectivity index (χ1) is 8.33. The summed E-state index contributed by atoms with van der Waals surface area (Å²) in [5, 5.41) is 9.26. The fourth-order valence-electron chi connectivity index (χ4n) is 2.28. The van der Waals surface area contributed by atoms with Gasteiger partial charge in [0.25, 0.3) is 0 Å². The van der Waals surface area contributed by atoms with Crippen LogP contribution in [-0.4, -0.2) is 31.6 Å². The molecule has 3 heteroatoms. The van der Waals surface area contributed by atoms with E-state index in [0.717, 1.165) is 30.9 Å². The van der Waals surface area contributed by atoms with Crippen LogP contribution in [0.1, 0.15) is 24.3 Å². The molecule has 1 aromatic carbocycles. The van der Waals surface area contributed by atoms with Crippen molar-refractivity contribution in [1.29, 1.82) is 5.26 Å². The molecule has 1 aliphatic rings. The summed E-state index contributed by atoms with van der Waals surface area (Å²) in [6.07, 6.45) is 2.53. The van der Waals surface area contributed by atoms with E-state index in [0.29, 0.717) is 0 Å². The van der Waals surface area contributed by atoms with Crippen molar-refractivity contribution in [2.45, 2.75) is 18.8 Å². The van der Waals surface area contributed by atoms with Gasteiger partial charge in [0.2, 0.25) is 0 Å². The van der Waals surface area contributed by atoms with E-state index >= 15 is 0 Å². The van der Waals surface area contributed by atoms with Crippen LogP contribution in [0.15, 0.2) is 24.3 Å². The Bertz CT molecular complexity index is 388. The minimum absolute atomic E-state index is 0.0287. The minimum atomic E-state index is -0.0287. The van der Waals surface area contributed by atoms with Crippen molar-refractivity contribution in [1.82, 2.24) is 4.90 Å². The van der Waals surface area contributed by atoms with E-state index in [4.69, 9.17) is 4.74 Å². The topological polar surface area (TPSA) is 36.3 Å². The molecule has 1 aliphatic heterocycles. The monoisotopic (exact) mass is 230 g/mol. The van der Waals surface area contributed by atoms with Gasteiger partial charge in [0.1, 0.15) is 5.75 Å². The largest absolute Gasteiger partial charge is 0.497 e. The lowest BCUT2D eigenvalue weighted by Gasteiger charge is -2.18. The van der Waals surface area contributed by atoms with Crippen LogP contribution in [0.5, 0.6) is 5.75 Å². The van der Waals surface area contributed by atoms with Crippen molar-refractivity contribution >= 4 is 0 Å². The van der Waals surface area contributed by atoms with Gasteiger partial charge in [-0.25, -0.2) is 0 Å². The van der Waals surface area contributed by atoms with Crippen LogP contribution in [0.3, 0.4) is 0 Å². The van der Waals surface area contributed by atoms with Gasteiger partial charge in [-0.3, -0.25) is 0 Å². The number of ether oxygens (including phenoxy) is 1. The molecule has 0 spiro atoms. The molecule has 0 aliphatic carbocycles. The van der Waals surface area contributed by atoms with Crippen LogP contribution in [0.2, 0.25) is 0 Å². The first-order valence-corrected chi connectivity index (χ1v) is 6.09. The van der Waals surface area contributed by atoms with Crippen LogP contribution in [0.4, 0.5) is 0 Å². The second-order valence-corrected chi connectivity index (χ2v) is 4.46. The molecule has 1 heterocycles. The fourth-order valence-corrected chi connectivity index (χ4v) is 2.28. The first-order valence-electron chi connectivity index (χ1n) is 6.09. The highest BCUT2D eigenvalue weighted by Crippen LogP contribution is 2.21.